The molecule has 2 heteroatoms. The van der Waals surface area contributed by atoms with Crippen LogP contribution in [0.4, 0.5) is 0 Å². The van der Waals surface area contributed by atoms with Crippen molar-refractivity contribution in [2.24, 2.45) is 0 Å². The van der Waals surface area contributed by atoms with E-state index in [1.54, 1.807) is 7.11 Å². The Morgan fingerprint density at radius 1 is 1.31 bits per heavy atom. The molecule has 0 aromatic heterocycles. The van der Waals surface area contributed by atoms with Gasteiger partial charge >= 0.3 is 0 Å². The molecular formula is C14H21NO. The van der Waals surface area contributed by atoms with Crippen molar-refractivity contribution in [2.45, 2.75) is 38.1 Å². The van der Waals surface area contributed by atoms with E-state index in [1.165, 1.54) is 37.8 Å². The maximum Gasteiger partial charge on any atom is 0.119 e. The molecular weight excluding hydrogens is 198 g/mol. The van der Waals surface area contributed by atoms with E-state index in [-0.39, 0.29) is 0 Å². The molecule has 1 aromatic rings. The summed E-state index contributed by atoms with van der Waals surface area (Å²) in [6.45, 7) is 1.18. The van der Waals surface area contributed by atoms with Crippen LogP contribution in [0, 0.1) is 0 Å². The summed E-state index contributed by atoms with van der Waals surface area (Å²) in [5, 5.41) is 3.63. The molecule has 1 N–H and O–H groups in total. The highest BCUT2D eigenvalue weighted by Crippen LogP contribution is 2.17. The summed E-state index contributed by atoms with van der Waals surface area (Å²) in [4.78, 5) is 0. The van der Waals surface area contributed by atoms with E-state index in [2.05, 4.69) is 23.5 Å². The van der Waals surface area contributed by atoms with Gasteiger partial charge in [-0.15, -0.1) is 0 Å². The lowest BCUT2D eigenvalue weighted by molar-refractivity contribution is 0.413. The van der Waals surface area contributed by atoms with Gasteiger partial charge in [0.15, 0.2) is 0 Å². The number of hydrogen-bond acceptors (Lipinski definition) is 2. The van der Waals surface area contributed by atoms with Crippen molar-refractivity contribution < 1.29 is 4.74 Å². The third kappa shape index (κ3) is 3.24. The van der Waals surface area contributed by atoms with Crippen LogP contribution in [0.15, 0.2) is 24.3 Å². The predicted octanol–water partition coefficient (Wildman–Crippen LogP) is 2.77. The molecule has 0 bridgehead atoms. The molecule has 0 radical (unpaired) electrons. The fourth-order valence-electron chi connectivity index (χ4n) is 2.36. The molecule has 16 heavy (non-hydrogen) atoms. The Bertz CT molecular complexity index is 316. The van der Waals surface area contributed by atoms with E-state index in [4.69, 9.17) is 4.74 Å². The number of methoxy groups -OCH3 is 1. The Morgan fingerprint density at radius 2 is 2.25 bits per heavy atom. The van der Waals surface area contributed by atoms with Gasteiger partial charge in [-0.1, -0.05) is 25.0 Å². The van der Waals surface area contributed by atoms with Gasteiger partial charge < -0.3 is 10.1 Å². The molecule has 1 heterocycles. The molecule has 1 atom stereocenters. The minimum atomic E-state index is 0.648. The first-order valence-electron chi connectivity index (χ1n) is 6.25. The van der Waals surface area contributed by atoms with Crippen LogP contribution in [-0.2, 0) is 6.42 Å². The lowest BCUT2D eigenvalue weighted by Gasteiger charge is -2.16. The molecule has 0 saturated carbocycles. The summed E-state index contributed by atoms with van der Waals surface area (Å²) in [5.41, 5.74) is 1.37. The molecule has 0 spiro atoms. The fourth-order valence-corrected chi connectivity index (χ4v) is 2.36. The first kappa shape index (κ1) is 11.5. The predicted molar refractivity (Wildman–Crippen MR) is 67.0 cm³/mol. The van der Waals surface area contributed by atoms with Crippen molar-refractivity contribution in [3.8, 4) is 5.75 Å². The minimum Gasteiger partial charge on any atom is -0.497 e. The topological polar surface area (TPSA) is 21.3 Å². The summed E-state index contributed by atoms with van der Waals surface area (Å²) < 4.78 is 5.25. The SMILES string of the molecule is COc1cccc(C[C@H]2CCCCCN2)c1. The van der Waals surface area contributed by atoms with Gasteiger partial charge in [-0.3, -0.25) is 0 Å². The van der Waals surface area contributed by atoms with Crippen LogP contribution in [0.25, 0.3) is 0 Å². The number of hydrogen-bond donors (Lipinski definition) is 1. The molecule has 1 saturated heterocycles. The van der Waals surface area contributed by atoms with Crippen molar-refractivity contribution in [2.75, 3.05) is 13.7 Å². The average Bonchev–Trinajstić information content (AvgIpc) is 2.58. The molecule has 0 aliphatic carbocycles. The van der Waals surface area contributed by atoms with Crippen LogP contribution in [-0.4, -0.2) is 19.7 Å². The number of benzene rings is 1. The van der Waals surface area contributed by atoms with Gasteiger partial charge in [0.2, 0.25) is 0 Å². The molecule has 1 aliphatic rings. The summed E-state index contributed by atoms with van der Waals surface area (Å²) in [6, 6.07) is 9.06. The van der Waals surface area contributed by atoms with Gasteiger partial charge in [-0.2, -0.15) is 0 Å². The standard InChI is InChI=1S/C14H21NO/c1-16-14-8-5-6-12(11-14)10-13-7-3-2-4-9-15-13/h5-6,8,11,13,15H,2-4,7,9-10H2,1H3/t13-/m1/s1. The van der Waals surface area contributed by atoms with Crippen LogP contribution in [0.5, 0.6) is 5.75 Å². The van der Waals surface area contributed by atoms with Gasteiger partial charge in [-0.05, 0) is 43.5 Å². The maximum atomic E-state index is 5.25. The molecule has 2 rings (SSSR count). The second kappa shape index (κ2) is 5.90. The van der Waals surface area contributed by atoms with E-state index < -0.39 is 0 Å². The van der Waals surface area contributed by atoms with Crippen LogP contribution < -0.4 is 10.1 Å². The molecule has 0 amide bonds. The smallest absolute Gasteiger partial charge is 0.119 e. The molecule has 0 unspecified atom stereocenters. The summed E-state index contributed by atoms with van der Waals surface area (Å²) >= 11 is 0. The highest BCUT2D eigenvalue weighted by molar-refractivity contribution is 5.28. The molecule has 1 fully saturated rings. The van der Waals surface area contributed by atoms with Crippen LogP contribution in [0.3, 0.4) is 0 Å². The highest BCUT2D eigenvalue weighted by Gasteiger charge is 2.11. The third-order valence-corrected chi connectivity index (χ3v) is 3.28. The van der Waals surface area contributed by atoms with Crippen molar-refractivity contribution in [3.05, 3.63) is 29.8 Å². The number of ether oxygens (including phenoxy) is 1. The van der Waals surface area contributed by atoms with Gasteiger partial charge in [0, 0.05) is 6.04 Å². The second-order valence-corrected chi connectivity index (χ2v) is 4.56. The zero-order valence-electron chi connectivity index (χ0n) is 10.0. The molecule has 88 valence electrons. The Hall–Kier alpha value is -1.02. The summed E-state index contributed by atoms with van der Waals surface area (Å²) in [5.74, 6) is 0.964. The van der Waals surface area contributed by atoms with Crippen LogP contribution in [0.2, 0.25) is 0 Å². The van der Waals surface area contributed by atoms with E-state index in [9.17, 15) is 0 Å². The lowest BCUT2D eigenvalue weighted by atomic mass is 10.0. The Morgan fingerprint density at radius 3 is 3.12 bits per heavy atom. The van der Waals surface area contributed by atoms with Gasteiger partial charge in [-0.25, -0.2) is 0 Å². The van der Waals surface area contributed by atoms with E-state index in [1.807, 2.05) is 6.07 Å². The van der Waals surface area contributed by atoms with E-state index in [0.717, 1.165) is 12.2 Å². The zero-order valence-corrected chi connectivity index (χ0v) is 10.0. The lowest BCUT2D eigenvalue weighted by Crippen LogP contribution is -2.30. The quantitative estimate of drug-likeness (QED) is 0.844. The largest absolute Gasteiger partial charge is 0.497 e. The van der Waals surface area contributed by atoms with E-state index >= 15 is 0 Å². The van der Waals surface area contributed by atoms with Gasteiger partial charge in [0.05, 0.1) is 7.11 Å². The maximum absolute atomic E-state index is 5.25. The molecule has 1 aliphatic heterocycles. The Labute approximate surface area is 98.0 Å². The van der Waals surface area contributed by atoms with Crippen LogP contribution >= 0.6 is 0 Å². The summed E-state index contributed by atoms with van der Waals surface area (Å²) in [6.07, 6.45) is 6.49. The Kier molecular flexibility index (Phi) is 4.23. The van der Waals surface area contributed by atoms with E-state index in [0.29, 0.717) is 6.04 Å². The van der Waals surface area contributed by atoms with Gasteiger partial charge in [0.1, 0.15) is 5.75 Å². The summed E-state index contributed by atoms with van der Waals surface area (Å²) in [7, 11) is 1.73. The number of rotatable bonds is 3. The first-order chi connectivity index (χ1) is 7.88. The normalized spacial score (nSPS) is 21.4. The fraction of sp³-hybridized carbons (Fsp3) is 0.571. The Balaban J connectivity index is 1.96. The van der Waals surface area contributed by atoms with Gasteiger partial charge in [0.25, 0.3) is 0 Å². The second-order valence-electron chi connectivity index (χ2n) is 4.56. The minimum absolute atomic E-state index is 0.648. The van der Waals surface area contributed by atoms with Crippen LogP contribution in [0.1, 0.15) is 31.2 Å². The zero-order chi connectivity index (χ0) is 11.2. The van der Waals surface area contributed by atoms with Crippen molar-refractivity contribution in [3.63, 3.8) is 0 Å². The van der Waals surface area contributed by atoms with Crippen molar-refractivity contribution in [1.82, 2.24) is 5.32 Å². The molecule has 2 nitrogen and oxygen atoms in total. The van der Waals surface area contributed by atoms with Crippen molar-refractivity contribution >= 4 is 0 Å². The first-order valence-corrected chi connectivity index (χ1v) is 6.25. The monoisotopic (exact) mass is 219 g/mol. The van der Waals surface area contributed by atoms with Crippen molar-refractivity contribution in [1.29, 1.82) is 0 Å². The highest BCUT2D eigenvalue weighted by atomic mass is 16.5. The number of nitrogens with one attached hydrogen (secondary N) is 1. The molecule has 1 aromatic carbocycles. The average molecular weight is 219 g/mol. The third-order valence-electron chi connectivity index (χ3n) is 3.28.